The lowest BCUT2D eigenvalue weighted by Gasteiger charge is -2.33. The van der Waals surface area contributed by atoms with Crippen molar-refractivity contribution in [1.29, 1.82) is 0 Å². The molecule has 80 valence electrons. The Balaban J connectivity index is 4.10. The summed E-state index contributed by atoms with van der Waals surface area (Å²) in [5.74, 6) is 0.678. The molecule has 0 aromatic rings. The predicted molar refractivity (Wildman–Crippen MR) is 57.1 cm³/mol. The standard InChI is InChI=1S/C8H18ClNO2S/c1-8(2,7-9)10(3)5-6-13(4,11)12/h5-7H2,1-4H3. The highest BCUT2D eigenvalue weighted by Gasteiger charge is 2.22. The van der Waals surface area contributed by atoms with Crippen molar-refractivity contribution in [1.82, 2.24) is 4.90 Å². The van der Waals surface area contributed by atoms with Crippen LogP contribution in [0.4, 0.5) is 0 Å². The van der Waals surface area contributed by atoms with Crippen molar-refractivity contribution in [2.75, 3.05) is 31.5 Å². The van der Waals surface area contributed by atoms with Gasteiger partial charge >= 0.3 is 0 Å². The molecule has 0 atom stereocenters. The first-order valence-electron chi connectivity index (χ1n) is 4.14. The fraction of sp³-hybridized carbons (Fsp3) is 1.00. The average molecular weight is 228 g/mol. The van der Waals surface area contributed by atoms with Gasteiger partial charge in [0.1, 0.15) is 9.84 Å². The van der Waals surface area contributed by atoms with Crippen molar-refractivity contribution in [2.24, 2.45) is 0 Å². The van der Waals surface area contributed by atoms with Gasteiger partial charge in [0.05, 0.1) is 5.75 Å². The summed E-state index contributed by atoms with van der Waals surface area (Å²) in [6, 6.07) is 0. The molecule has 0 aromatic carbocycles. The molecule has 0 N–H and O–H groups in total. The summed E-state index contributed by atoms with van der Waals surface area (Å²) in [7, 11) is -0.990. The minimum atomic E-state index is -2.87. The first-order chi connectivity index (χ1) is 5.69. The summed E-state index contributed by atoms with van der Waals surface area (Å²) in [6.45, 7) is 4.50. The van der Waals surface area contributed by atoms with Crippen LogP contribution in [0.2, 0.25) is 0 Å². The van der Waals surface area contributed by atoms with E-state index >= 15 is 0 Å². The van der Waals surface area contributed by atoms with Crippen LogP contribution in [0.25, 0.3) is 0 Å². The number of hydrogen-bond acceptors (Lipinski definition) is 3. The van der Waals surface area contributed by atoms with Gasteiger partial charge in [-0.2, -0.15) is 0 Å². The largest absolute Gasteiger partial charge is 0.299 e. The molecular weight excluding hydrogens is 210 g/mol. The van der Waals surface area contributed by atoms with Crippen molar-refractivity contribution in [3.63, 3.8) is 0 Å². The van der Waals surface area contributed by atoms with Gasteiger partial charge in [-0.15, -0.1) is 11.6 Å². The van der Waals surface area contributed by atoms with Crippen LogP contribution in [0.1, 0.15) is 13.8 Å². The van der Waals surface area contributed by atoms with Crippen LogP contribution in [0.3, 0.4) is 0 Å². The smallest absolute Gasteiger partial charge is 0.148 e. The number of rotatable bonds is 5. The summed E-state index contributed by atoms with van der Waals surface area (Å²) in [6.07, 6.45) is 1.24. The van der Waals surface area contributed by atoms with Crippen molar-refractivity contribution >= 4 is 21.4 Å². The molecule has 0 bridgehead atoms. The highest BCUT2D eigenvalue weighted by atomic mass is 35.5. The zero-order valence-corrected chi connectivity index (χ0v) is 10.2. The van der Waals surface area contributed by atoms with Crippen LogP contribution in [-0.2, 0) is 9.84 Å². The Kier molecular flexibility index (Phi) is 4.69. The maximum atomic E-state index is 10.9. The summed E-state index contributed by atoms with van der Waals surface area (Å²) in [4.78, 5) is 1.96. The number of hydrogen-bond donors (Lipinski definition) is 0. The Morgan fingerprint density at radius 2 is 1.85 bits per heavy atom. The minimum Gasteiger partial charge on any atom is -0.299 e. The van der Waals surface area contributed by atoms with Crippen LogP contribution < -0.4 is 0 Å². The highest BCUT2D eigenvalue weighted by molar-refractivity contribution is 7.90. The number of sulfone groups is 1. The van der Waals surface area contributed by atoms with Gasteiger partial charge in [-0.05, 0) is 20.9 Å². The maximum absolute atomic E-state index is 10.9. The van der Waals surface area contributed by atoms with Crippen molar-refractivity contribution in [3.8, 4) is 0 Å². The summed E-state index contributed by atoms with van der Waals surface area (Å²) in [5, 5.41) is 0. The molecule has 5 heteroatoms. The van der Waals surface area contributed by atoms with Crippen LogP contribution in [0.5, 0.6) is 0 Å². The minimum absolute atomic E-state index is 0.147. The molecular formula is C8H18ClNO2S. The van der Waals surface area contributed by atoms with Crippen molar-refractivity contribution < 1.29 is 8.42 Å². The maximum Gasteiger partial charge on any atom is 0.148 e. The first-order valence-corrected chi connectivity index (χ1v) is 6.73. The van der Waals surface area contributed by atoms with E-state index < -0.39 is 9.84 Å². The second kappa shape index (κ2) is 4.62. The normalized spacial score (nSPS) is 13.7. The van der Waals surface area contributed by atoms with Crippen LogP contribution in [0, 0.1) is 0 Å². The molecule has 0 aromatic heterocycles. The molecule has 3 nitrogen and oxygen atoms in total. The lowest BCUT2D eigenvalue weighted by atomic mass is 10.1. The molecule has 0 saturated heterocycles. The Hall–Kier alpha value is 0.200. The third kappa shape index (κ3) is 5.49. The number of halogens is 1. The lowest BCUT2D eigenvalue weighted by Crippen LogP contribution is -2.44. The molecule has 0 unspecified atom stereocenters. The van der Waals surface area contributed by atoms with Gasteiger partial charge in [0, 0.05) is 24.2 Å². The highest BCUT2D eigenvalue weighted by Crippen LogP contribution is 2.13. The lowest BCUT2D eigenvalue weighted by molar-refractivity contribution is 0.190. The third-order valence-electron chi connectivity index (χ3n) is 2.16. The molecule has 0 fully saturated rings. The van der Waals surface area contributed by atoms with E-state index in [4.69, 9.17) is 11.6 Å². The fourth-order valence-electron chi connectivity index (χ4n) is 0.707. The summed E-state index contributed by atoms with van der Waals surface area (Å²) < 4.78 is 21.8. The molecule has 0 rings (SSSR count). The van der Waals surface area contributed by atoms with E-state index in [1.807, 2.05) is 25.8 Å². The van der Waals surface area contributed by atoms with Crippen LogP contribution in [-0.4, -0.2) is 50.3 Å². The second-order valence-corrected chi connectivity index (χ2v) is 6.52. The van der Waals surface area contributed by atoms with Gasteiger partial charge in [0.25, 0.3) is 0 Å². The molecule has 0 spiro atoms. The van der Waals surface area contributed by atoms with Crippen LogP contribution in [0.15, 0.2) is 0 Å². The fourth-order valence-corrected chi connectivity index (χ4v) is 1.52. The second-order valence-electron chi connectivity index (χ2n) is 4.00. The van der Waals surface area contributed by atoms with Gasteiger partial charge < -0.3 is 0 Å². The van der Waals surface area contributed by atoms with Gasteiger partial charge in [0.2, 0.25) is 0 Å². The molecule has 0 aliphatic rings. The monoisotopic (exact) mass is 227 g/mol. The Morgan fingerprint density at radius 3 is 2.15 bits per heavy atom. The predicted octanol–water partition coefficient (Wildman–Crippen LogP) is 0.980. The van der Waals surface area contributed by atoms with E-state index in [9.17, 15) is 8.42 Å². The number of nitrogens with zero attached hydrogens (tertiary/aromatic N) is 1. The topological polar surface area (TPSA) is 37.4 Å². The molecule has 0 saturated carbocycles. The molecule has 0 aliphatic carbocycles. The Bertz CT molecular complexity index is 249. The summed E-state index contributed by atoms with van der Waals surface area (Å²) in [5.41, 5.74) is -0.147. The zero-order valence-electron chi connectivity index (χ0n) is 8.67. The molecule has 0 amide bonds. The third-order valence-corrected chi connectivity index (χ3v) is 3.74. The Morgan fingerprint density at radius 1 is 1.38 bits per heavy atom. The van der Waals surface area contributed by atoms with E-state index in [0.717, 1.165) is 0 Å². The summed E-state index contributed by atoms with van der Waals surface area (Å²) >= 11 is 5.75. The quantitative estimate of drug-likeness (QED) is 0.658. The van der Waals surface area contributed by atoms with Crippen molar-refractivity contribution in [3.05, 3.63) is 0 Å². The van der Waals surface area contributed by atoms with Gasteiger partial charge in [-0.25, -0.2) is 8.42 Å². The van der Waals surface area contributed by atoms with E-state index in [-0.39, 0.29) is 11.3 Å². The molecule has 0 radical (unpaired) electrons. The van der Waals surface area contributed by atoms with Crippen LogP contribution >= 0.6 is 11.6 Å². The molecule has 0 aliphatic heterocycles. The van der Waals surface area contributed by atoms with Crippen molar-refractivity contribution in [2.45, 2.75) is 19.4 Å². The van der Waals surface area contributed by atoms with E-state index in [2.05, 4.69) is 0 Å². The molecule has 0 heterocycles. The average Bonchev–Trinajstić information content (AvgIpc) is 1.98. The SMILES string of the molecule is CN(CCS(C)(=O)=O)C(C)(C)CCl. The first kappa shape index (κ1) is 13.2. The van der Waals surface area contributed by atoms with Gasteiger partial charge in [-0.1, -0.05) is 0 Å². The van der Waals surface area contributed by atoms with Gasteiger partial charge in [0.15, 0.2) is 0 Å². The number of alkyl halides is 1. The molecule has 13 heavy (non-hydrogen) atoms. The van der Waals surface area contributed by atoms with E-state index in [0.29, 0.717) is 12.4 Å². The van der Waals surface area contributed by atoms with E-state index in [1.165, 1.54) is 6.26 Å². The van der Waals surface area contributed by atoms with Gasteiger partial charge in [-0.3, -0.25) is 4.90 Å². The zero-order chi connectivity index (χ0) is 10.7. The Labute approximate surface area is 86.0 Å². The van der Waals surface area contributed by atoms with E-state index in [1.54, 1.807) is 0 Å².